The molecule has 0 saturated carbocycles. The highest BCUT2D eigenvalue weighted by molar-refractivity contribution is 5.68. The van der Waals surface area contributed by atoms with Crippen LogP contribution in [0, 0.1) is 5.92 Å². The average Bonchev–Trinajstić information content (AvgIpc) is 2.25. The van der Waals surface area contributed by atoms with Gasteiger partial charge < -0.3 is 15.0 Å². The third-order valence-corrected chi connectivity index (χ3v) is 3.21. The largest absolute Gasteiger partial charge is 0.444 e. The van der Waals surface area contributed by atoms with Crippen molar-refractivity contribution in [3.8, 4) is 0 Å². The summed E-state index contributed by atoms with van der Waals surface area (Å²) in [4.78, 5) is 14.0. The summed E-state index contributed by atoms with van der Waals surface area (Å²) in [5.41, 5.74) is -0.415. The van der Waals surface area contributed by atoms with Gasteiger partial charge in [-0.25, -0.2) is 4.79 Å². The maximum absolute atomic E-state index is 12.1. The Hall–Kier alpha value is -0.770. The van der Waals surface area contributed by atoms with Gasteiger partial charge in [-0.15, -0.1) is 0 Å². The standard InChI is InChI=1S/C13H26N2O2/c1-6-10(2)11-9-14-7-8-15(11)12(16)17-13(3,4)5/h10-11,14H,6-9H2,1-5H3/t10-,11+/m0/s1. The van der Waals surface area contributed by atoms with E-state index in [1.165, 1.54) is 0 Å². The monoisotopic (exact) mass is 242 g/mol. The zero-order valence-electron chi connectivity index (χ0n) is 11.7. The Morgan fingerprint density at radius 3 is 2.71 bits per heavy atom. The maximum atomic E-state index is 12.1. The highest BCUT2D eigenvalue weighted by Gasteiger charge is 2.32. The van der Waals surface area contributed by atoms with Gasteiger partial charge in [0.05, 0.1) is 6.04 Å². The van der Waals surface area contributed by atoms with Gasteiger partial charge in [0, 0.05) is 19.6 Å². The van der Waals surface area contributed by atoms with Gasteiger partial charge in [0.25, 0.3) is 0 Å². The summed E-state index contributed by atoms with van der Waals surface area (Å²) < 4.78 is 5.46. The van der Waals surface area contributed by atoms with Crippen LogP contribution in [0.5, 0.6) is 0 Å². The van der Waals surface area contributed by atoms with Crippen molar-refractivity contribution in [2.24, 2.45) is 5.92 Å². The number of carbonyl (C=O) groups is 1. The van der Waals surface area contributed by atoms with Crippen LogP contribution in [0.2, 0.25) is 0 Å². The molecule has 2 atom stereocenters. The summed E-state index contributed by atoms with van der Waals surface area (Å²) in [6.45, 7) is 12.5. The molecule has 0 aromatic rings. The van der Waals surface area contributed by atoms with E-state index in [9.17, 15) is 4.79 Å². The zero-order chi connectivity index (χ0) is 13.1. The second kappa shape index (κ2) is 5.71. The predicted octanol–water partition coefficient (Wildman–Crippen LogP) is 2.24. The van der Waals surface area contributed by atoms with E-state index < -0.39 is 5.60 Å². The van der Waals surface area contributed by atoms with E-state index >= 15 is 0 Å². The van der Waals surface area contributed by atoms with Crippen LogP contribution in [-0.4, -0.2) is 42.3 Å². The lowest BCUT2D eigenvalue weighted by molar-refractivity contribution is 0.00525. The molecule has 0 aromatic heterocycles. The Morgan fingerprint density at radius 1 is 1.53 bits per heavy atom. The topological polar surface area (TPSA) is 41.6 Å². The van der Waals surface area contributed by atoms with Crippen molar-refractivity contribution < 1.29 is 9.53 Å². The summed E-state index contributed by atoms with van der Waals surface area (Å²) >= 11 is 0. The van der Waals surface area contributed by atoms with Crippen LogP contribution in [-0.2, 0) is 4.74 Å². The molecule has 17 heavy (non-hydrogen) atoms. The minimum atomic E-state index is -0.415. The molecule has 1 amide bonds. The van der Waals surface area contributed by atoms with Crippen LogP contribution in [0.1, 0.15) is 41.0 Å². The van der Waals surface area contributed by atoms with Gasteiger partial charge >= 0.3 is 6.09 Å². The molecule has 100 valence electrons. The quantitative estimate of drug-likeness (QED) is 0.807. The number of rotatable bonds is 2. The molecule has 0 bridgehead atoms. The second-order valence-corrected chi connectivity index (χ2v) is 5.83. The number of carbonyl (C=O) groups excluding carboxylic acids is 1. The van der Waals surface area contributed by atoms with Crippen LogP contribution in [0.4, 0.5) is 4.79 Å². The summed E-state index contributed by atoms with van der Waals surface area (Å²) in [5.74, 6) is 0.496. The fourth-order valence-corrected chi connectivity index (χ4v) is 2.05. The van der Waals surface area contributed by atoms with Crippen molar-refractivity contribution >= 4 is 6.09 Å². The Kier molecular flexibility index (Phi) is 4.80. The van der Waals surface area contributed by atoms with Crippen LogP contribution in [0.3, 0.4) is 0 Å². The van der Waals surface area contributed by atoms with Gasteiger partial charge in [-0.3, -0.25) is 0 Å². The molecule has 4 nitrogen and oxygen atoms in total. The molecule has 1 rings (SSSR count). The summed E-state index contributed by atoms with van der Waals surface area (Å²) in [5, 5.41) is 3.35. The van der Waals surface area contributed by atoms with E-state index in [0.29, 0.717) is 5.92 Å². The zero-order valence-corrected chi connectivity index (χ0v) is 11.7. The van der Waals surface area contributed by atoms with E-state index in [4.69, 9.17) is 4.74 Å². The van der Waals surface area contributed by atoms with Crippen molar-refractivity contribution in [2.75, 3.05) is 19.6 Å². The molecule has 1 aliphatic rings. The first-order valence-electron chi connectivity index (χ1n) is 6.55. The first-order chi connectivity index (χ1) is 7.85. The lowest BCUT2D eigenvalue weighted by atomic mass is 9.96. The molecule has 1 heterocycles. The SMILES string of the molecule is CC[C@H](C)[C@H]1CNCCN1C(=O)OC(C)(C)C. The number of nitrogens with zero attached hydrogens (tertiary/aromatic N) is 1. The van der Waals surface area contributed by atoms with E-state index in [0.717, 1.165) is 26.1 Å². The lowest BCUT2D eigenvalue weighted by Gasteiger charge is -2.39. The van der Waals surface area contributed by atoms with Gasteiger partial charge in [0.1, 0.15) is 5.60 Å². The third-order valence-electron chi connectivity index (χ3n) is 3.21. The normalized spacial score (nSPS) is 23.4. The molecule has 1 N–H and O–H groups in total. The van der Waals surface area contributed by atoms with Crippen molar-refractivity contribution in [3.05, 3.63) is 0 Å². The van der Waals surface area contributed by atoms with Crippen molar-refractivity contribution in [1.82, 2.24) is 10.2 Å². The molecule has 0 aliphatic carbocycles. The van der Waals surface area contributed by atoms with Crippen LogP contribution in [0.25, 0.3) is 0 Å². The van der Waals surface area contributed by atoms with Crippen LogP contribution in [0.15, 0.2) is 0 Å². The number of hydrogen-bond acceptors (Lipinski definition) is 3. The highest BCUT2D eigenvalue weighted by Crippen LogP contribution is 2.19. The Bertz CT molecular complexity index is 261. The van der Waals surface area contributed by atoms with Crippen molar-refractivity contribution in [3.63, 3.8) is 0 Å². The molecule has 4 heteroatoms. The van der Waals surface area contributed by atoms with E-state index in [-0.39, 0.29) is 12.1 Å². The molecular formula is C13H26N2O2. The molecule has 1 saturated heterocycles. The highest BCUT2D eigenvalue weighted by atomic mass is 16.6. The van der Waals surface area contributed by atoms with Gasteiger partial charge in [-0.2, -0.15) is 0 Å². The van der Waals surface area contributed by atoms with E-state index in [2.05, 4.69) is 19.2 Å². The Labute approximate surface area is 105 Å². The summed E-state index contributed by atoms with van der Waals surface area (Å²) in [6.07, 6.45) is 0.898. The number of nitrogens with one attached hydrogen (secondary N) is 1. The van der Waals surface area contributed by atoms with Crippen LogP contribution >= 0.6 is 0 Å². The van der Waals surface area contributed by atoms with E-state index in [1.807, 2.05) is 25.7 Å². The second-order valence-electron chi connectivity index (χ2n) is 5.83. The molecule has 1 fully saturated rings. The molecule has 0 spiro atoms. The first-order valence-corrected chi connectivity index (χ1v) is 6.55. The molecule has 0 radical (unpaired) electrons. The lowest BCUT2D eigenvalue weighted by Crippen LogP contribution is -2.56. The number of piperazine rings is 1. The van der Waals surface area contributed by atoms with Gasteiger partial charge in [-0.1, -0.05) is 20.3 Å². The fraction of sp³-hybridized carbons (Fsp3) is 0.923. The van der Waals surface area contributed by atoms with E-state index in [1.54, 1.807) is 0 Å². The minimum Gasteiger partial charge on any atom is -0.444 e. The summed E-state index contributed by atoms with van der Waals surface area (Å²) in [7, 11) is 0. The van der Waals surface area contributed by atoms with Crippen LogP contribution < -0.4 is 5.32 Å². The Morgan fingerprint density at radius 2 is 2.18 bits per heavy atom. The molecule has 0 unspecified atom stereocenters. The summed E-state index contributed by atoms with van der Waals surface area (Å²) in [6, 6.07) is 0.253. The number of ether oxygens (including phenoxy) is 1. The average molecular weight is 242 g/mol. The first kappa shape index (κ1) is 14.3. The molecule has 0 aromatic carbocycles. The van der Waals surface area contributed by atoms with Gasteiger partial charge in [0.15, 0.2) is 0 Å². The number of hydrogen-bond donors (Lipinski definition) is 1. The smallest absolute Gasteiger partial charge is 0.410 e. The maximum Gasteiger partial charge on any atom is 0.410 e. The molecular weight excluding hydrogens is 216 g/mol. The van der Waals surface area contributed by atoms with Gasteiger partial charge in [0.2, 0.25) is 0 Å². The Balaban J connectivity index is 2.67. The van der Waals surface area contributed by atoms with Crippen molar-refractivity contribution in [1.29, 1.82) is 0 Å². The number of amides is 1. The minimum absolute atomic E-state index is 0.177. The van der Waals surface area contributed by atoms with Crippen molar-refractivity contribution in [2.45, 2.75) is 52.7 Å². The molecule has 1 aliphatic heterocycles. The fourth-order valence-electron chi connectivity index (χ4n) is 2.05. The third kappa shape index (κ3) is 4.19. The van der Waals surface area contributed by atoms with Gasteiger partial charge in [-0.05, 0) is 26.7 Å². The predicted molar refractivity (Wildman–Crippen MR) is 69.1 cm³/mol.